The fourth-order valence-electron chi connectivity index (χ4n) is 2.56. The predicted molar refractivity (Wildman–Crippen MR) is 86.9 cm³/mol. The maximum absolute atomic E-state index is 12.9. The molecule has 0 spiro atoms. The molecule has 2 amide bonds. The van der Waals surface area contributed by atoms with Crippen molar-refractivity contribution in [3.05, 3.63) is 59.4 Å². The zero-order valence-electron chi connectivity index (χ0n) is 12.1. The Kier molecular flexibility index (Phi) is 4.30. The molecule has 0 aromatic heterocycles. The van der Waals surface area contributed by atoms with Gasteiger partial charge in [-0.2, -0.15) is 0 Å². The molecule has 3 rings (SSSR count). The topological polar surface area (TPSA) is 49.4 Å². The Balaban J connectivity index is 1.69. The van der Waals surface area contributed by atoms with Crippen LogP contribution in [0.15, 0.2) is 48.5 Å². The predicted octanol–water partition coefficient (Wildman–Crippen LogP) is 3.47. The van der Waals surface area contributed by atoms with Gasteiger partial charge in [0.25, 0.3) is 0 Å². The van der Waals surface area contributed by atoms with Crippen molar-refractivity contribution >= 4 is 34.8 Å². The molecule has 0 saturated carbocycles. The average molecular weight is 333 g/mol. The maximum Gasteiger partial charge on any atom is 0.239 e. The monoisotopic (exact) mass is 332 g/mol. The molecule has 1 heterocycles. The molecule has 0 aliphatic carbocycles. The van der Waals surface area contributed by atoms with Gasteiger partial charge in [0.05, 0.1) is 0 Å². The largest absolute Gasteiger partial charge is 0.325 e. The van der Waals surface area contributed by atoms with E-state index in [-0.39, 0.29) is 17.6 Å². The van der Waals surface area contributed by atoms with Gasteiger partial charge in [-0.25, -0.2) is 4.39 Å². The van der Waals surface area contributed by atoms with Crippen LogP contribution in [0.1, 0.15) is 6.42 Å². The summed E-state index contributed by atoms with van der Waals surface area (Å²) in [5.74, 6) is -1.74. The van der Waals surface area contributed by atoms with Gasteiger partial charge in [0, 0.05) is 22.9 Å². The second-order valence-electron chi connectivity index (χ2n) is 5.30. The van der Waals surface area contributed by atoms with E-state index in [0.29, 0.717) is 23.7 Å². The number of nitrogens with one attached hydrogen (secondary N) is 1. The maximum atomic E-state index is 12.9. The highest BCUT2D eigenvalue weighted by atomic mass is 35.5. The smallest absolute Gasteiger partial charge is 0.239 e. The fourth-order valence-corrected chi connectivity index (χ4v) is 2.69. The van der Waals surface area contributed by atoms with Crippen LogP contribution in [-0.2, 0) is 9.59 Å². The summed E-state index contributed by atoms with van der Waals surface area (Å²) in [5, 5.41) is 3.24. The van der Waals surface area contributed by atoms with Gasteiger partial charge in [0.2, 0.25) is 11.8 Å². The number of rotatable bonds is 3. The summed E-state index contributed by atoms with van der Waals surface area (Å²) in [5.41, 5.74) is 1.19. The molecule has 1 saturated heterocycles. The van der Waals surface area contributed by atoms with Crippen LogP contribution in [0, 0.1) is 11.7 Å². The van der Waals surface area contributed by atoms with Crippen molar-refractivity contribution in [2.24, 2.45) is 5.92 Å². The molecule has 6 heteroatoms. The minimum Gasteiger partial charge on any atom is -0.325 e. The number of nitrogens with zero attached hydrogens (tertiary/aromatic N) is 1. The Bertz CT molecular complexity index is 731. The molecule has 1 aliphatic rings. The lowest BCUT2D eigenvalue weighted by Gasteiger charge is -2.16. The third-order valence-corrected chi connectivity index (χ3v) is 4.02. The van der Waals surface area contributed by atoms with Crippen molar-refractivity contribution in [3.8, 4) is 0 Å². The molecule has 1 fully saturated rings. The fraction of sp³-hybridized carbons (Fsp3) is 0.176. The van der Waals surface area contributed by atoms with Crippen molar-refractivity contribution in [1.29, 1.82) is 0 Å². The summed E-state index contributed by atoms with van der Waals surface area (Å²) in [6, 6.07) is 12.3. The number of anilines is 2. The number of carbonyl (C=O) groups is 2. The Morgan fingerprint density at radius 1 is 1.13 bits per heavy atom. The van der Waals surface area contributed by atoms with Crippen LogP contribution in [0.4, 0.5) is 15.8 Å². The average Bonchev–Trinajstić information content (AvgIpc) is 2.92. The van der Waals surface area contributed by atoms with Crippen LogP contribution >= 0.6 is 11.6 Å². The molecular formula is C17H14ClFN2O2. The van der Waals surface area contributed by atoms with Crippen molar-refractivity contribution in [3.63, 3.8) is 0 Å². The molecule has 23 heavy (non-hydrogen) atoms. The molecule has 1 aliphatic heterocycles. The molecule has 0 radical (unpaired) electrons. The highest BCUT2D eigenvalue weighted by molar-refractivity contribution is 6.30. The first-order valence-corrected chi connectivity index (χ1v) is 7.56. The van der Waals surface area contributed by atoms with Crippen LogP contribution in [-0.4, -0.2) is 18.4 Å². The van der Waals surface area contributed by atoms with Gasteiger partial charge in [0.15, 0.2) is 0 Å². The molecule has 1 N–H and O–H groups in total. The number of hydrogen-bond donors (Lipinski definition) is 1. The summed E-state index contributed by atoms with van der Waals surface area (Å²) in [4.78, 5) is 26.3. The zero-order valence-corrected chi connectivity index (χ0v) is 12.9. The summed E-state index contributed by atoms with van der Waals surface area (Å²) >= 11 is 5.84. The molecular weight excluding hydrogens is 319 g/mol. The molecule has 2 aromatic rings. The number of halogens is 2. The molecule has 1 atom stereocenters. The Morgan fingerprint density at radius 3 is 2.43 bits per heavy atom. The first kappa shape index (κ1) is 15.5. The number of amides is 2. The Morgan fingerprint density at radius 2 is 1.78 bits per heavy atom. The lowest BCUT2D eigenvalue weighted by atomic mass is 10.1. The van der Waals surface area contributed by atoms with Gasteiger partial charge in [-0.05, 0) is 55.0 Å². The van der Waals surface area contributed by atoms with E-state index in [1.807, 2.05) is 0 Å². The Labute approximate surface area is 137 Å². The van der Waals surface area contributed by atoms with E-state index in [0.717, 1.165) is 5.69 Å². The second kappa shape index (κ2) is 6.38. The SMILES string of the molecule is O=C(Nc1ccc(F)cc1)C1CCN(c2ccc(Cl)cc2)C1=O. The van der Waals surface area contributed by atoms with E-state index in [4.69, 9.17) is 11.6 Å². The van der Waals surface area contributed by atoms with Gasteiger partial charge in [-0.1, -0.05) is 11.6 Å². The number of hydrogen-bond acceptors (Lipinski definition) is 2. The minimum atomic E-state index is -0.740. The van der Waals surface area contributed by atoms with Crippen LogP contribution < -0.4 is 10.2 Å². The van der Waals surface area contributed by atoms with E-state index in [1.54, 1.807) is 29.2 Å². The molecule has 2 aromatic carbocycles. The zero-order chi connectivity index (χ0) is 16.4. The minimum absolute atomic E-state index is 0.244. The van der Waals surface area contributed by atoms with Gasteiger partial charge in [-0.3, -0.25) is 9.59 Å². The van der Waals surface area contributed by atoms with Crippen molar-refractivity contribution in [1.82, 2.24) is 0 Å². The lowest BCUT2D eigenvalue weighted by Crippen LogP contribution is -2.33. The first-order chi connectivity index (χ1) is 11.0. The van der Waals surface area contributed by atoms with Crippen LogP contribution in [0.25, 0.3) is 0 Å². The standard InChI is InChI=1S/C17H14ClFN2O2/c18-11-1-7-14(8-2-11)21-10-9-15(17(21)23)16(22)20-13-5-3-12(19)4-6-13/h1-8,15H,9-10H2,(H,20,22). The van der Waals surface area contributed by atoms with Crippen molar-refractivity contribution < 1.29 is 14.0 Å². The third-order valence-electron chi connectivity index (χ3n) is 3.77. The van der Waals surface area contributed by atoms with Gasteiger partial charge >= 0.3 is 0 Å². The number of benzene rings is 2. The van der Waals surface area contributed by atoms with E-state index in [9.17, 15) is 14.0 Å². The highest BCUT2D eigenvalue weighted by Gasteiger charge is 2.37. The summed E-state index contributed by atoms with van der Waals surface area (Å²) < 4.78 is 12.9. The number of carbonyl (C=O) groups excluding carboxylic acids is 2. The van der Waals surface area contributed by atoms with Gasteiger partial charge in [0.1, 0.15) is 11.7 Å². The summed E-state index contributed by atoms with van der Waals surface area (Å²) in [6.07, 6.45) is 0.439. The van der Waals surface area contributed by atoms with Crippen molar-refractivity contribution in [2.45, 2.75) is 6.42 Å². The van der Waals surface area contributed by atoms with E-state index in [1.165, 1.54) is 24.3 Å². The third kappa shape index (κ3) is 3.35. The molecule has 1 unspecified atom stereocenters. The van der Waals surface area contributed by atoms with E-state index >= 15 is 0 Å². The molecule has 4 nitrogen and oxygen atoms in total. The second-order valence-corrected chi connectivity index (χ2v) is 5.74. The lowest BCUT2D eigenvalue weighted by molar-refractivity contribution is -0.129. The first-order valence-electron chi connectivity index (χ1n) is 7.18. The normalized spacial score (nSPS) is 17.4. The Hall–Kier alpha value is -2.40. The molecule has 118 valence electrons. The van der Waals surface area contributed by atoms with Gasteiger partial charge < -0.3 is 10.2 Å². The molecule has 0 bridgehead atoms. The van der Waals surface area contributed by atoms with Crippen LogP contribution in [0.3, 0.4) is 0 Å². The van der Waals surface area contributed by atoms with Crippen LogP contribution in [0.2, 0.25) is 5.02 Å². The summed E-state index contributed by atoms with van der Waals surface area (Å²) in [6.45, 7) is 0.474. The quantitative estimate of drug-likeness (QED) is 0.875. The summed E-state index contributed by atoms with van der Waals surface area (Å²) in [7, 11) is 0. The van der Waals surface area contributed by atoms with Gasteiger partial charge in [-0.15, -0.1) is 0 Å². The van der Waals surface area contributed by atoms with E-state index < -0.39 is 5.92 Å². The van der Waals surface area contributed by atoms with E-state index in [2.05, 4.69) is 5.32 Å². The van der Waals surface area contributed by atoms with Crippen LogP contribution in [0.5, 0.6) is 0 Å². The highest BCUT2D eigenvalue weighted by Crippen LogP contribution is 2.27. The van der Waals surface area contributed by atoms with Crippen molar-refractivity contribution in [2.75, 3.05) is 16.8 Å².